The third-order valence-corrected chi connectivity index (χ3v) is 5.28. The molecule has 20 heavy (non-hydrogen) atoms. The molecule has 0 radical (unpaired) electrons. The average Bonchev–Trinajstić information content (AvgIpc) is 2.84. The van der Waals surface area contributed by atoms with Crippen molar-refractivity contribution in [2.45, 2.75) is 64.9 Å². The summed E-state index contributed by atoms with van der Waals surface area (Å²) in [5, 5.41) is 10.6. The molecule has 1 heterocycles. The highest BCUT2D eigenvalue weighted by atomic mass is 32.1. The van der Waals surface area contributed by atoms with Gasteiger partial charge in [0.05, 0.1) is 17.2 Å². The van der Waals surface area contributed by atoms with Crippen molar-refractivity contribution in [3.63, 3.8) is 0 Å². The van der Waals surface area contributed by atoms with Gasteiger partial charge in [-0.1, -0.05) is 51.4 Å². The predicted molar refractivity (Wildman–Crippen MR) is 86.6 cm³/mol. The first-order valence-electron chi connectivity index (χ1n) is 7.74. The van der Waals surface area contributed by atoms with Gasteiger partial charge in [-0.25, -0.2) is 4.98 Å². The molecule has 0 unspecified atom stereocenters. The minimum atomic E-state index is -0.00150. The SMILES string of the molecule is CN(CC1CCCCC1)c1nc(C(C)(C)C)c(CO)s1. The number of aliphatic hydroxyl groups excluding tert-OH is 1. The highest BCUT2D eigenvalue weighted by Crippen LogP contribution is 2.34. The zero-order chi connectivity index (χ0) is 14.8. The summed E-state index contributed by atoms with van der Waals surface area (Å²) in [5.41, 5.74) is 1.05. The number of rotatable bonds is 4. The van der Waals surface area contributed by atoms with E-state index in [1.807, 2.05) is 0 Å². The van der Waals surface area contributed by atoms with Gasteiger partial charge in [-0.05, 0) is 18.8 Å². The maximum absolute atomic E-state index is 9.55. The zero-order valence-corrected chi connectivity index (χ0v) is 14.1. The van der Waals surface area contributed by atoms with E-state index < -0.39 is 0 Å². The van der Waals surface area contributed by atoms with E-state index in [2.05, 4.69) is 32.7 Å². The van der Waals surface area contributed by atoms with Gasteiger partial charge in [0.2, 0.25) is 0 Å². The fraction of sp³-hybridized carbons (Fsp3) is 0.812. The topological polar surface area (TPSA) is 36.4 Å². The molecule has 1 aromatic rings. The lowest BCUT2D eigenvalue weighted by Crippen LogP contribution is -2.26. The van der Waals surface area contributed by atoms with Crippen LogP contribution in [0.3, 0.4) is 0 Å². The van der Waals surface area contributed by atoms with Gasteiger partial charge in [0.15, 0.2) is 5.13 Å². The highest BCUT2D eigenvalue weighted by Gasteiger charge is 2.25. The molecule has 114 valence electrons. The molecule has 0 aliphatic heterocycles. The Morgan fingerprint density at radius 1 is 1.25 bits per heavy atom. The van der Waals surface area contributed by atoms with Gasteiger partial charge < -0.3 is 10.0 Å². The van der Waals surface area contributed by atoms with Crippen LogP contribution in [0.2, 0.25) is 0 Å². The standard InChI is InChI=1S/C16H28N2OS/c1-16(2,3)14-13(11-19)20-15(17-14)18(4)10-12-8-6-5-7-9-12/h12,19H,5-11H2,1-4H3. The van der Waals surface area contributed by atoms with Gasteiger partial charge in [0.25, 0.3) is 0 Å². The third-order valence-electron chi connectivity index (χ3n) is 4.12. The number of aliphatic hydroxyl groups is 1. The van der Waals surface area contributed by atoms with Crippen molar-refractivity contribution in [1.82, 2.24) is 4.98 Å². The molecule has 0 amide bonds. The minimum absolute atomic E-state index is 0.00150. The van der Waals surface area contributed by atoms with Crippen LogP contribution in [0.4, 0.5) is 5.13 Å². The quantitative estimate of drug-likeness (QED) is 0.914. The van der Waals surface area contributed by atoms with Crippen LogP contribution >= 0.6 is 11.3 Å². The zero-order valence-electron chi connectivity index (χ0n) is 13.3. The van der Waals surface area contributed by atoms with Crippen molar-refractivity contribution >= 4 is 16.5 Å². The number of anilines is 1. The summed E-state index contributed by atoms with van der Waals surface area (Å²) in [6.45, 7) is 7.67. The molecule has 1 fully saturated rings. The summed E-state index contributed by atoms with van der Waals surface area (Å²) in [5.74, 6) is 0.813. The van der Waals surface area contributed by atoms with Crippen LogP contribution in [-0.4, -0.2) is 23.7 Å². The molecular formula is C16H28N2OS. The fourth-order valence-electron chi connectivity index (χ4n) is 3.03. The molecule has 0 spiro atoms. The van der Waals surface area contributed by atoms with E-state index in [-0.39, 0.29) is 12.0 Å². The molecule has 0 atom stereocenters. The second-order valence-corrected chi connectivity index (χ2v) is 8.12. The van der Waals surface area contributed by atoms with Gasteiger partial charge in [0.1, 0.15) is 0 Å². The lowest BCUT2D eigenvalue weighted by atomic mass is 9.89. The molecule has 0 saturated heterocycles. The second kappa shape index (κ2) is 6.44. The maximum Gasteiger partial charge on any atom is 0.185 e. The molecule has 1 aliphatic carbocycles. The molecular weight excluding hydrogens is 268 g/mol. The van der Waals surface area contributed by atoms with Crippen LogP contribution in [0.1, 0.15) is 63.4 Å². The molecule has 1 saturated carbocycles. The molecule has 3 nitrogen and oxygen atoms in total. The van der Waals surface area contributed by atoms with Crippen molar-refractivity contribution in [1.29, 1.82) is 0 Å². The lowest BCUT2D eigenvalue weighted by molar-refractivity contribution is 0.282. The molecule has 1 aromatic heterocycles. The largest absolute Gasteiger partial charge is 0.391 e. The molecule has 1 N–H and O–H groups in total. The summed E-state index contributed by atoms with van der Waals surface area (Å²) in [4.78, 5) is 8.11. The first-order valence-corrected chi connectivity index (χ1v) is 8.55. The Hall–Kier alpha value is -0.610. The summed E-state index contributed by atoms with van der Waals surface area (Å²) in [7, 11) is 2.14. The maximum atomic E-state index is 9.55. The highest BCUT2D eigenvalue weighted by molar-refractivity contribution is 7.15. The van der Waals surface area contributed by atoms with Crippen molar-refractivity contribution in [2.75, 3.05) is 18.5 Å². The first-order chi connectivity index (χ1) is 9.41. The second-order valence-electron chi connectivity index (χ2n) is 7.06. The Morgan fingerprint density at radius 2 is 1.90 bits per heavy atom. The fourth-order valence-corrected chi connectivity index (χ4v) is 4.13. The van der Waals surface area contributed by atoms with Crippen molar-refractivity contribution in [3.05, 3.63) is 10.6 Å². The van der Waals surface area contributed by atoms with Crippen LogP contribution in [0.15, 0.2) is 0 Å². The van der Waals surface area contributed by atoms with Crippen LogP contribution in [0, 0.1) is 5.92 Å². The Bertz CT molecular complexity index is 430. The number of hydrogen-bond acceptors (Lipinski definition) is 4. The number of aromatic nitrogens is 1. The van der Waals surface area contributed by atoms with E-state index in [1.165, 1.54) is 32.1 Å². The van der Waals surface area contributed by atoms with Gasteiger partial charge in [0, 0.05) is 19.0 Å². The van der Waals surface area contributed by atoms with E-state index in [0.29, 0.717) is 0 Å². The van der Waals surface area contributed by atoms with Crippen LogP contribution in [0.25, 0.3) is 0 Å². The molecule has 2 rings (SSSR count). The Morgan fingerprint density at radius 3 is 2.40 bits per heavy atom. The summed E-state index contributed by atoms with van der Waals surface area (Å²) in [6.07, 6.45) is 6.88. The molecule has 4 heteroatoms. The number of nitrogens with zero attached hydrogens (tertiary/aromatic N) is 2. The summed E-state index contributed by atoms with van der Waals surface area (Å²) < 4.78 is 0. The Balaban J connectivity index is 2.09. The van der Waals surface area contributed by atoms with E-state index in [1.54, 1.807) is 11.3 Å². The van der Waals surface area contributed by atoms with E-state index >= 15 is 0 Å². The van der Waals surface area contributed by atoms with Crippen LogP contribution < -0.4 is 4.90 Å². The Labute approximate surface area is 127 Å². The van der Waals surface area contributed by atoms with Crippen molar-refractivity contribution in [2.24, 2.45) is 5.92 Å². The van der Waals surface area contributed by atoms with Gasteiger partial charge in [-0.3, -0.25) is 0 Å². The van der Waals surface area contributed by atoms with E-state index in [0.717, 1.165) is 28.2 Å². The van der Waals surface area contributed by atoms with E-state index in [9.17, 15) is 5.11 Å². The smallest absolute Gasteiger partial charge is 0.185 e. The van der Waals surface area contributed by atoms with E-state index in [4.69, 9.17) is 4.98 Å². The van der Waals surface area contributed by atoms with Crippen LogP contribution in [-0.2, 0) is 12.0 Å². The van der Waals surface area contributed by atoms with Crippen molar-refractivity contribution < 1.29 is 5.11 Å². The molecule has 1 aliphatic rings. The number of hydrogen-bond donors (Lipinski definition) is 1. The number of thiazole rings is 1. The van der Waals surface area contributed by atoms with Crippen molar-refractivity contribution in [3.8, 4) is 0 Å². The Kier molecular flexibility index (Phi) is 5.08. The average molecular weight is 296 g/mol. The molecule has 0 bridgehead atoms. The monoisotopic (exact) mass is 296 g/mol. The van der Waals surface area contributed by atoms with Gasteiger partial charge in [-0.2, -0.15) is 0 Å². The predicted octanol–water partition coefficient (Wildman–Crippen LogP) is 3.95. The van der Waals surface area contributed by atoms with Gasteiger partial charge >= 0.3 is 0 Å². The van der Waals surface area contributed by atoms with Gasteiger partial charge in [-0.15, -0.1) is 0 Å². The third kappa shape index (κ3) is 3.73. The normalized spacial score (nSPS) is 17.4. The first kappa shape index (κ1) is 15.8. The molecule has 0 aromatic carbocycles. The summed E-state index contributed by atoms with van der Waals surface area (Å²) in [6, 6.07) is 0. The lowest BCUT2D eigenvalue weighted by Gasteiger charge is -2.26. The van der Waals surface area contributed by atoms with Crippen LogP contribution in [0.5, 0.6) is 0 Å². The minimum Gasteiger partial charge on any atom is -0.391 e. The summed E-state index contributed by atoms with van der Waals surface area (Å²) >= 11 is 1.65.